The SMILES string of the molecule is CCN(CC)C(=O)c1csc([C@H]2C[C@H](O)[C@@H](CO)O2)n1. The Labute approximate surface area is 122 Å². The summed E-state index contributed by atoms with van der Waals surface area (Å²) in [7, 11) is 0. The summed E-state index contributed by atoms with van der Waals surface area (Å²) in [4.78, 5) is 18.2. The lowest BCUT2D eigenvalue weighted by Crippen LogP contribution is -2.30. The zero-order chi connectivity index (χ0) is 14.7. The van der Waals surface area contributed by atoms with Crippen molar-refractivity contribution in [3.63, 3.8) is 0 Å². The lowest BCUT2D eigenvalue weighted by Gasteiger charge is -2.16. The molecule has 1 fully saturated rings. The number of carbonyl (C=O) groups is 1. The maximum absolute atomic E-state index is 12.2. The van der Waals surface area contributed by atoms with E-state index in [4.69, 9.17) is 9.84 Å². The number of thiazole rings is 1. The van der Waals surface area contributed by atoms with Crippen molar-refractivity contribution in [3.8, 4) is 0 Å². The fourth-order valence-corrected chi connectivity index (χ4v) is 3.10. The first-order valence-electron chi connectivity index (χ1n) is 6.79. The summed E-state index contributed by atoms with van der Waals surface area (Å²) in [5, 5.41) is 21.2. The average Bonchev–Trinajstić information content (AvgIpc) is 3.06. The van der Waals surface area contributed by atoms with Gasteiger partial charge in [-0.3, -0.25) is 4.79 Å². The number of aliphatic hydroxyl groups excluding tert-OH is 2. The molecule has 2 heterocycles. The minimum atomic E-state index is -0.684. The van der Waals surface area contributed by atoms with Crippen LogP contribution in [-0.2, 0) is 4.74 Å². The van der Waals surface area contributed by atoms with E-state index in [1.807, 2.05) is 13.8 Å². The van der Waals surface area contributed by atoms with Crippen LogP contribution >= 0.6 is 11.3 Å². The molecule has 112 valence electrons. The second-order valence-electron chi connectivity index (χ2n) is 4.70. The van der Waals surface area contributed by atoms with Crippen molar-refractivity contribution in [2.45, 2.75) is 38.6 Å². The molecule has 1 aromatic rings. The number of hydrogen-bond donors (Lipinski definition) is 2. The Morgan fingerprint density at radius 1 is 1.55 bits per heavy atom. The molecule has 1 saturated heterocycles. The molecular weight excluding hydrogens is 280 g/mol. The molecule has 0 saturated carbocycles. The number of aliphatic hydroxyl groups is 2. The Kier molecular flexibility index (Phi) is 5.09. The summed E-state index contributed by atoms with van der Waals surface area (Å²) >= 11 is 1.35. The van der Waals surface area contributed by atoms with Gasteiger partial charge in [-0.05, 0) is 13.8 Å². The highest BCUT2D eigenvalue weighted by Gasteiger charge is 2.36. The van der Waals surface area contributed by atoms with Gasteiger partial charge in [0.05, 0.1) is 12.7 Å². The maximum Gasteiger partial charge on any atom is 0.273 e. The van der Waals surface area contributed by atoms with Crippen molar-refractivity contribution in [2.24, 2.45) is 0 Å². The van der Waals surface area contributed by atoms with Crippen LogP contribution in [0.5, 0.6) is 0 Å². The van der Waals surface area contributed by atoms with E-state index in [1.54, 1.807) is 10.3 Å². The molecule has 1 amide bonds. The molecule has 0 spiro atoms. The second kappa shape index (κ2) is 6.62. The summed E-state index contributed by atoms with van der Waals surface area (Å²) in [6.07, 6.45) is -1.19. The lowest BCUT2D eigenvalue weighted by atomic mass is 10.1. The van der Waals surface area contributed by atoms with Gasteiger partial charge in [0.1, 0.15) is 22.9 Å². The largest absolute Gasteiger partial charge is 0.394 e. The quantitative estimate of drug-likeness (QED) is 0.841. The van der Waals surface area contributed by atoms with Gasteiger partial charge in [-0.2, -0.15) is 0 Å². The van der Waals surface area contributed by atoms with Crippen molar-refractivity contribution in [1.29, 1.82) is 0 Å². The second-order valence-corrected chi connectivity index (χ2v) is 5.59. The molecule has 0 bridgehead atoms. The van der Waals surface area contributed by atoms with Crippen LogP contribution < -0.4 is 0 Å². The summed E-state index contributed by atoms with van der Waals surface area (Å²) < 4.78 is 5.54. The van der Waals surface area contributed by atoms with Gasteiger partial charge >= 0.3 is 0 Å². The average molecular weight is 300 g/mol. The molecule has 0 unspecified atom stereocenters. The Morgan fingerprint density at radius 2 is 2.25 bits per heavy atom. The summed E-state index contributed by atoms with van der Waals surface area (Å²) in [6, 6.07) is 0. The number of nitrogens with zero attached hydrogens (tertiary/aromatic N) is 2. The number of rotatable bonds is 5. The van der Waals surface area contributed by atoms with E-state index in [0.717, 1.165) is 0 Å². The van der Waals surface area contributed by atoms with Gasteiger partial charge in [0.15, 0.2) is 0 Å². The topological polar surface area (TPSA) is 82.9 Å². The number of aromatic nitrogens is 1. The first kappa shape index (κ1) is 15.4. The third-order valence-electron chi connectivity index (χ3n) is 3.47. The molecule has 2 N–H and O–H groups in total. The van der Waals surface area contributed by atoms with Crippen LogP contribution in [0.3, 0.4) is 0 Å². The summed E-state index contributed by atoms with van der Waals surface area (Å²) in [5.41, 5.74) is 0.416. The van der Waals surface area contributed by atoms with Crippen LogP contribution in [0.2, 0.25) is 0 Å². The van der Waals surface area contributed by atoms with Gasteiger partial charge < -0.3 is 19.8 Å². The predicted molar refractivity (Wildman–Crippen MR) is 74.7 cm³/mol. The Balaban J connectivity index is 2.08. The smallest absolute Gasteiger partial charge is 0.273 e. The molecular formula is C13H20N2O4S. The van der Waals surface area contributed by atoms with E-state index in [0.29, 0.717) is 30.2 Å². The predicted octanol–water partition coefficient (Wildman–Crippen LogP) is 0.808. The molecule has 1 aromatic heterocycles. The van der Waals surface area contributed by atoms with Gasteiger partial charge in [0.2, 0.25) is 0 Å². The molecule has 20 heavy (non-hydrogen) atoms. The number of amides is 1. The highest BCUT2D eigenvalue weighted by Crippen LogP contribution is 2.34. The van der Waals surface area contributed by atoms with Gasteiger partial charge in [0.25, 0.3) is 5.91 Å². The highest BCUT2D eigenvalue weighted by atomic mass is 32.1. The van der Waals surface area contributed by atoms with Crippen LogP contribution in [0, 0.1) is 0 Å². The molecule has 6 nitrogen and oxygen atoms in total. The van der Waals surface area contributed by atoms with Crippen molar-refractivity contribution >= 4 is 17.2 Å². The lowest BCUT2D eigenvalue weighted by molar-refractivity contribution is -0.0226. The zero-order valence-corrected chi connectivity index (χ0v) is 12.5. The van der Waals surface area contributed by atoms with Gasteiger partial charge in [-0.1, -0.05) is 0 Å². The molecule has 3 atom stereocenters. The minimum Gasteiger partial charge on any atom is -0.394 e. The molecule has 0 aromatic carbocycles. The van der Waals surface area contributed by atoms with E-state index in [-0.39, 0.29) is 18.6 Å². The summed E-state index contributed by atoms with van der Waals surface area (Å²) in [5.74, 6) is -0.0882. The maximum atomic E-state index is 12.2. The van der Waals surface area contributed by atoms with E-state index >= 15 is 0 Å². The Hall–Kier alpha value is -1.02. The fraction of sp³-hybridized carbons (Fsp3) is 0.692. The molecule has 7 heteroatoms. The Morgan fingerprint density at radius 3 is 2.80 bits per heavy atom. The van der Waals surface area contributed by atoms with Gasteiger partial charge in [0, 0.05) is 24.9 Å². The van der Waals surface area contributed by atoms with E-state index in [2.05, 4.69) is 4.98 Å². The Bertz CT molecular complexity index is 461. The normalized spacial score (nSPS) is 25.9. The van der Waals surface area contributed by atoms with Crippen LogP contribution in [0.25, 0.3) is 0 Å². The highest BCUT2D eigenvalue weighted by molar-refractivity contribution is 7.09. The number of carbonyl (C=O) groups excluding carboxylic acids is 1. The van der Waals surface area contributed by atoms with Gasteiger partial charge in [-0.25, -0.2) is 4.98 Å². The molecule has 1 aliphatic heterocycles. The van der Waals surface area contributed by atoms with E-state index in [1.165, 1.54) is 11.3 Å². The number of hydrogen-bond acceptors (Lipinski definition) is 6. The van der Waals surface area contributed by atoms with Crippen molar-refractivity contribution < 1.29 is 19.7 Å². The molecule has 1 aliphatic rings. The molecule has 0 radical (unpaired) electrons. The molecule has 0 aliphatic carbocycles. The standard InChI is InChI=1S/C13H20N2O4S/c1-3-15(4-2)13(18)8-7-20-12(14-8)10-5-9(17)11(6-16)19-10/h7,9-11,16-17H,3-6H2,1-2H3/t9-,10+,11+/m0/s1. The van der Waals surface area contributed by atoms with E-state index < -0.39 is 12.2 Å². The van der Waals surface area contributed by atoms with Crippen LogP contribution in [0.15, 0.2) is 5.38 Å². The van der Waals surface area contributed by atoms with Crippen molar-refractivity contribution in [3.05, 3.63) is 16.1 Å². The third-order valence-corrected chi connectivity index (χ3v) is 4.41. The first-order chi connectivity index (χ1) is 9.60. The van der Waals surface area contributed by atoms with Crippen LogP contribution in [0.4, 0.5) is 0 Å². The minimum absolute atomic E-state index is 0.0882. The molecule has 2 rings (SSSR count). The van der Waals surface area contributed by atoms with Crippen LogP contribution in [0.1, 0.15) is 41.9 Å². The summed E-state index contributed by atoms with van der Waals surface area (Å²) in [6.45, 7) is 4.93. The van der Waals surface area contributed by atoms with Gasteiger partial charge in [-0.15, -0.1) is 11.3 Å². The first-order valence-corrected chi connectivity index (χ1v) is 7.67. The zero-order valence-electron chi connectivity index (χ0n) is 11.7. The van der Waals surface area contributed by atoms with Crippen molar-refractivity contribution in [1.82, 2.24) is 9.88 Å². The van der Waals surface area contributed by atoms with Crippen LogP contribution in [-0.4, -0.2) is 57.9 Å². The van der Waals surface area contributed by atoms with Crippen molar-refractivity contribution in [2.75, 3.05) is 19.7 Å². The number of ether oxygens (including phenoxy) is 1. The third kappa shape index (κ3) is 3.01. The monoisotopic (exact) mass is 300 g/mol. The fourth-order valence-electron chi connectivity index (χ4n) is 2.26. The van der Waals surface area contributed by atoms with E-state index in [9.17, 15) is 9.90 Å².